The van der Waals surface area contributed by atoms with E-state index in [0.717, 1.165) is 0 Å². The minimum atomic E-state index is -4.64. The Balaban J connectivity index is 2.79. The lowest BCUT2D eigenvalue weighted by molar-refractivity contribution is -0.152. The maximum Gasteiger partial charge on any atom is 0.400 e. The zero-order valence-electron chi connectivity index (χ0n) is 11.1. The van der Waals surface area contributed by atoms with Gasteiger partial charge in [0.15, 0.2) is 5.84 Å². The molecular formula is C12H15F3N4O2. The van der Waals surface area contributed by atoms with Crippen molar-refractivity contribution in [1.29, 1.82) is 0 Å². The van der Waals surface area contributed by atoms with Crippen molar-refractivity contribution in [3.05, 3.63) is 24.3 Å². The molecule has 0 spiro atoms. The average molecular weight is 304 g/mol. The Labute approximate surface area is 118 Å². The predicted molar refractivity (Wildman–Crippen MR) is 72.2 cm³/mol. The van der Waals surface area contributed by atoms with E-state index < -0.39 is 24.5 Å². The van der Waals surface area contributed by atoms with Gasteiger partial charge in [-0.3, -0.25) is 4.79 Å². The molecule has 1 unspecified atom stereocenters. The summed E-state index contributed by atoms with van der Waals surface area (Å²) in [4.78, 5) is 10.9. The standard InChI is InChI=1S/C12H15F3N4O2/c1-7(20)18-9-4-2-3-8(5-9)17-6-10(11(16)19-21)12(13,14)15/h2-5,10,17,21H,6H2,1H3,(H2,16,19)(H,18,20). The predicted octanol–water partition coefficient (Wildman–Crippen LogP) is 1.98. The van der Waals surface area contributed by atoms with Crippen LogP contribution in [0.5, 0.6) is 0 Å². The van der Waals surface area contributed by atoms with Crippen LogP contribution in [0.25, 0.3) is 0 Å². The first kappa shape index (κ1) is 16.6. The normalized spacial score (nSPS) is 13.6. The molecule has 1 aromatic rings. The molecule has 6 nitrogen and oxygen atoms in total. The fraction of sp³-hybridized carbons (Fsp3) is 0.333. The number of anilines is 2. The third-order valence-electron chi connectivity index (χ3n) is 2.56. The molecule has 0 heterocycles. The molecule has 1 atom stereocenters. The lowest BCUT2D eigenvalue weighted by Gasteiger charge is -2.20. The van der Waals surface area contributed by atoms with Crippen molar-refractivity contribution in [2.45, 2.75) is 13.1 Å². The van der Waals surface area contributed by atoms with Gasteiger partial charge >= 0.3 is 6.18 Å². The Morgan fingerprint density at radius 1 is 1.43 bits per heavy atom. The van der Waals surface area contributed by atoms with Gasteiger partial charge < -0.3 is 21.6 Å². The highest BCUT2D eigenvalue weighted by molar-refractivity contribution is 5.89. The summed E-state index contributed by atoms with van der Waals surface area (Å²) in [6.07, 6.45) is -4.64. The zero-order valence-corrected chi connectivity index (χ0v) is 11.1. The second-order valence-corrected chi connectivity index (χ2v) is 4.26. The molecule has 0 radical (unpaired) electrons. The van der Waals surface area contributed by atoms with Gasteiger partial charge in [-0.05, 0) is 18.2 Å². The van der Waals surface area contributed by atoms with Crippen LogP contribution < -0.4 is 16.4 Å². The monoisotopic (exact) mass is 304 g/mol. The molecule has 0 aliphatic heterocycles. The van der Waals surface area contributed by atoms with E-state index in [2.05, 4.69) is 15.8 Å². The summed E-state index contributed by atoms with van der Waals surface area (Å²) in [5.74, 6) is -3.34. The molecule has 21 heavy (non-hydrogen) atoms. The number of hydrogen-bond donors (Lipinski definition) is 4. The number of carbonyl (C=O) groups excluding carboxylic acids is 1. The summed E-state index contributed by atoms with van der Waals surface area (Å²) in [6, 6.07) is 6.17. The fourth-order valence-corrected chi connectivity index (χ4v) is 1.59. The smallest absolute Gasteiger partial charge is 0.400 e. The van der Waals surface area contributed by atoms with Crippen molar-refractivity contribution >= 4 is 23.1 Å². The average Bonchev–Trinajstić information content (AvgIpc) is 2.36. The molecule has 1 aromatic carbocycles. The third kappa shape index (κ3) is 5.21. The van der Waals surface area contributed by atoms with Gasteiger partial charge in [-0.2, -0.15) is 13.2 Å². The number of nitrogens with zero attached hydrogens (tertiary/aromatic N) is 1. The number of amides is 1. The summed E-state index contributed by atoms with van der Waals surface area (Å²) >= 11 is 0. The number of rotatable bonds is 5. The van der Waals surface area contributed by atoms with E-state index in [1.807, 2.05) is 0 Å². The van der Waals surface area contributed by atoms with Crippen molar-refractivity contribution in [1.82, 2.24) is 0 Å². The van der Waals surface area contributed by atoms with Crippen LogP contribution in [0, 0.1) is 5.92 Å². The molecule has 1 rings (SSSR count). The lowest BCUT2D eigenvalue weighted by atomic mass is 10.1. The van der Waals surface area contributed by atoms with Crippen molar-refractivity contribution in [2.24, 2.45) is 16.8 Å². The molecule has 116 valence electrons. The SMILES string of the molecule is CC(=O)Nc1cccc(NCC(/C(N)=N/O)C(F)(F)F)c1. The van der Waals surface area contributed by atoms with Gasteiger partial charge in [-0.15, -0.1) is 0 Å². The molecule has 0 aromatic heterocycles. The van der Waals surface area contributed by atoms with Crippen LogP contribution in [0.2, 0.25) is 0 Å². The minimum Gasteiger partial charge on any atom is -0.409 e. The van der Waals surface area contributed by atoms with E-state index in [1.165, 1.54) is 19.1 Å². The van der Waals surface area contributed by atoms with Crippen LogP contribution in [-0.4, -0.2) is 29.7 Å². The summed E-state index contributed by atoms with van der Waals surface area (Å²) in [6.45, 7) is 0.723. The van der Waals surface area contributed by atoms with E-state index in [9.17, 15) is 18.0 Å². The summed E-state index contributed by atoms with van der Waals surface area (Å²) < 4.78 is 38.2. The van der Waals surface area contributed by atoms with Crippen LogP contribution in [0.3, 0.4) is 0 Å². The van der Waals surface area contributed by atoms with Crippen LogP contribution in [-0.2, 0) is 4.79 Å². The molecule has 5 N–H and O–H groups in total. The number of oxime groups is 1. The van der Waals surface area contributed by atoms with Crippen LogP contribution >= 0.6 is 0 Å². The molecule has 1 amide bonds. The Kier molecular flexibility index (Phi) is 5.39. The van der Waals surface area contributed by atoms with Gasteiger partial charge in [0.05, 0.1) is 0 Å². The quantitative estimate of drug-likeness (QED) is 0.289. The van der Waals surface area contributed by atoms with E-state index in [0.29, 0.717) is 11.4 Å². The number of hydrogen-bond acceptors (Lipinski definition) is 4. The van der Waals surface area contributed by atoms with Crippen molar-refractivity contribution in [2.75, 3.05) is 17.2 Å². The molecular weight excluding hydrogens is 289 g/mol. The lowest BCUT2D eigenvalue weighted by Crippen LogP contribution is -2.40. The molecule has 9 heteroatoms. The maximum atomic E-state index is 12.7. The molecule has 0 bridgehead atoms. The second kappa shape index (κ2) is 6.82. The fourth-order valence-electron chi connectivity index (χ4n) is 1.59. The van der Waals surface area contributed by atoms with E-state index in [-0.39, 0.29) is 5.91 Å². The van der Waals surface area contributed by atoms with E-state index in [4.69, 9.17) is 10.9 Å². The van der Waals surface area contributed by atoms with Crippen molar-refractivity contribution in [3.8, 4) is 0 Å². The Bertz CT molecular complexity index is 531. The van der Waals surface area contributed by atoms with Crippen molar-refractivity contribution < 1.29 is 23.2 Å². The zero-order chi connectivity index (χ0) is 16.0. The molecule has 0 fully saturated rings. The number of alkyl halides is 3. The molecule has 0 saturated carbocycles. The summed E-state index contributed by atoms with van der Waals surface area (Å²) in [5.41, 5.74) is 5.85. The van der Waals surface area contributed by atoms with Crippen LogP contribution in [0.15, 0.2) is 29.4 Å². The Morgan fingerprint density at radius 2 is 2.05 bits per heavy atom. The van der Waals surface area contributed by atoms with Crippen molar-refractivity contribution in [3.63, 3.8) is 0 Å². The summed E-state index contributed by atoms with van der Waals surface area (Å²) in [7, 11) is 0. The first-order valence-corrected chi connectivity index (χ1v) is 5.89. The number of carbonyl (C=O) groups is 1. The number of nitrogens with two attached hydrogens (primary N) is 1. The molecule has 0 saturated heterocycles. The Morgan fingerprint density at radius 3 is 2.57 bits per heavy atom. The third-order valence-corrected chi connectivity index (χ3v) is 2.56. The molecule has 0 aliphatic carbocycles. The van der Waals surface area contributed by atoms with Crippen LogP contribution in [0.4, 0.5) is 24.5 Å². The number of benzene rings is 1. The highest BCUT2D eigenvalue weighted by atomic mass is 19.4. The van der Waals surface area contributed by atoms with E-state index in [1.54, 1.807) is 12.1 Å². The first-order chi connectivity index (χ1) is 9.74. The number of nitrogens with one attached hydrogen (secondary N) is 2. The maximum absolute atomic E-state index is 12.7. The van der Waals surface area contributed by atoms with Gasteiger partial charge in [0.2, 0.25) is 5.91 Å². The number of halogens is 3. The molecule has 0 aliphatic rings. The summed E-state index contributed by atoms with van der Waals surface area (Å²) in [5, 5.41) is 15.8. The highest BCUT2D eigenvalue weighted by Gasteiger charge is 2.42. The van der Waals surface area contributed by atoms with Gasteiger partial charge in [-0.1, -0.05) is 11.2 Å². The first-order valence-electron chi connectivity index (χ1n) is 5.89. The highest BCUT2D eigenvalue weighted by Crippen LogP contribution is 2.27. The van der Waals surface area contributed by atoms with Gasteiger partial charge in [0, 0.05) is 24.8 Å². The van der Waals surface area contributed by atoms with E-state index >= 15 is 0 Å². The second-order valence-electron chi connectivity index (χ2n) is 4.26. The Hall–Kier alpha value is -2.45. The van der Waals surface area contributed by atoms with Gasteiger partial charge in [0.25, 0.3) is 0 Å². The van der Waals surface area contributed by atoms with Gasteiger partial charge in [0.1, 0.15) is 5.92 Å². The van der Waals surface area contributed by atoms with Gasteiger partial charge in [-0.25, -0.2) is 0 Å². The topological polar surface area (TPSA) is 99.7 Å². The van der Waals surface area contributed by atoms with Crippen LogP contribution in [0.1, 0.15) is 6.92 Å². The minimum absolute atomic E-state index is 0.294. The number of amidine groups is 1. The largest absolute Gasteiger partial charge is 0.409 e.